The monoisotopic (exact) mass is 257 g/mol. The van der Waals surface area contributed by atoms with Crippen molar-refractivity contribution < 1.29 is 0 Å². The molecule has 0 spiro atoms. The highest BCUT2D eigenvalue weighted by atomic mass is 35.5. The van der Waals surface area contributed by atoms with Gasteiger partial charge in [-0.15, -0.1) is 11.6 Å². The van der Waals surface area contributed by atoms with Crippen LogP contribution in [-0.4, -0.2) is 20.1 Å². The van der Waals surface area contributed by atoms with E-state index >= 15 is 0 Å². The van der Waals surface area contributed by atoms with Crippen molar-refractivity contribution in [1.82, 2.24) is 14.8 Å². The molecule has 4 heteroatoms. The maximum absolute atomic E-state index is 6.26. The molecule has 1 aromatic rings. The van der Waals surface area contributed by atoms with Crippen LogP contribution in [0.5, 0.6) is 0 Å². The second-order valence-corrected chi connectivity index (χ2v) is 6.23. The maximum atomic E-state index is 6.26. The molecule has 2 atom stereocenters. The van der Waals surface area contributed by atoms with E-state index in [1.54, 1.807) is 6.33 Å². The Kier molecular flexibility index (Phi) is 5.44. The average molecular weight is 258 g/mol. The lowest BCUT2D eigenvalue weighted by atomic mass is 9.89. The zero-order valence-corrected chi connectivity index (χ0v) is 12.3. The fourth-order valence-corrected chi connectivity index (χ4v) is 2.46. The van der Waals surface area contributed by atoms with Crippen molar-refractivity contribution >= 4 is 11.6 Å². The van der Waals surface area contributed by atoms with E-state index in [1.165, 1.54) is 0 Å². The summed E-state index contributed by atoms with van der Waals surface area (Å²) in [6, 6.07) is 0. The zero-order chi connectivity index (χ0) is 13.0. The van der Waals surface area contributed by atoms with Crippen molar-refractivity contribution in [1.29, 1.82) is 0 Å². The Balaban J connectivity index is 2.76. The van der Waals surface area contributed by atoms with Gasteiger partial charge in [0.1, 0.15) is 12.2 Å². The summed E-state index contributed by atoms with van der Waals surface area (Å²) in [5.74, 6) is 2.66. The highest BCUT2D eigenvalue weighted by Gasteiger charge is 2.22. The van der Waals surface area contributed by atoms with Crippen LogP contribution >= 0.6 is 11.6 Å². The third-order valence-electron chi connectivity index (χ3n) is 3.10. The Morgan fingerprint density at radius 3 is 2.35 bits per heavy atom. The number of hydrogen-bond acceptors (Lipinski definition) is 2. The van der Waals surface area contributed by atoms with Gasteiger partial charge in [0.25, 0.3) is 0 Å². The van der Waals surface area contributed by atoms with Crippen LogP contribution in [0.4, 0.5) is 0 Å². The summed E-state index contributed by atoms with van der Waals surface area (Å²) in [4.78, 5) is 4.37. The van der Waals surface area contributed by atoms with Gasteiger partial charge in [-0.2, -0.15) is 5.10 Å². The zero-order valence-electron chi connectivity index (χ0n) is 11.5. The molecule has 0 saturated heterocycles. The molecule has 0 aliphatic carbocycles. The highest BCUT2D eigenvalue weighted by molar-refractivity contribution is 6.20. The Hall–Kier alpha value is -0.570. The number of nitrogens with zero attached hydrogens (tertiary/aromatic N) is 3. The van der Waals surface area contributed by atoms with E-state index in [2.05, 4.69) is 44.7 Å². The third-order valence-corrected chi connectivity index (χ3v) is 3.42. The predicted octanol–water partition coefficient (Wildman–Crippen LogP) is 3.38. The van der Waals surface area contributed by atoms with E-state index in [1.807, 2.05) is 4.68 Å². The van der Waals surface area contributed by atoms with Gasteiger partial charge >= 0.3 is 0 Å². The quantitative estimate of drug-likeness (QED) is 0.732. The lowest BCUT2D eigenvalue weighted by Crippen LogP contribution is -2.23. The van der Waals surface area contributed by atoms with Crippen molar-refractivity contribution in [3.8, 4) is 0 Å². The lowest BCUT2D eigenvalue weighted by Gasteiger charge is -2.23. The Bertz CT molecular complexity index is 323. The second-order valence-electron chi connectivity index (χ2n) is 5.54. The normalized spacial score (nSPS) is 15.5. The van der Waals surface area contributed by atoms with Crippen LogP contribution in [0.15, 0.2) is 6.33 Å². The predicted molar refractivity (Wildman–Crippen MR) is 72.2 cm³/mol. The van der Waals surface area contributed by atoms with Crippen LogP contribution in [-0.2, 0) is 13.0 Å². The van der Waals surface area contributed by atoms with Crippen molar-refractivity contribution in [2.24, 2.45) is 17.8 Å². The third kappa shape index (κ3) is 4.30. The number of rotatable bonds is 6. The van der Waals surface area contributed by atoms with Crippen molar-refractivity contribution in [2.75, 3.05) is 0 Å². The first-order chi connectivity index (χ1) is 7.91. The fourth-order valence-electron chi connectivity index (χ4n) is 2.08. The molecule has 0 N–H and O–H groups in total. The lowest BCUT2D eigenvalue weighted by molar-refractivity contribution is 0.355. The van der Waals surface area contributed by atoms with Crippen LogP contribution in [0, 0.1) is 17.8 Å². The average Bonchev–Trinajstić information content (AvgIpc) is 2.59. The van der Waals surface area contributed by atoms with Crippen LogP contribution < -0.4 is 0 Å². The molecule has 0 aliphatic rings. The first-order valence-corrected chi connectivity index (χ1v) is 6.86. The summed E-state index contributed by atoms with van der Waals surface area (Å²) in [6.07, 6.45) is 2.56. The van der Waals surface area contributed by atoms with Gasteiger partial charge in [-0.1, -0.05) is 27.7 Å². The van der Waals surface area contributed by atoms with E-state index in [0.29, 0.717) is 17.8 Å². The summed E-state index contributed by atoms with van der Waals surface area (Å²) in [5.41, 5.74) is 0. The number of aromatic nitrogens is 3. The highest BCUT2D eigenvalue weighted by Crippen LogP contribution is 2.23. The minimum Gasteiger partial charge on any atom is -0.250 e. The van der Waals surface area contributed by atoms with E-state index in [9.17, 15) is 0 Å². The molecule has 1 rings (SSSR count). The van der Waals surface area contributed by atoms with Crippen molar-refractivity contribution in [2.45, 2.75) is 53.0 Å². The van der Waals surface area contributed by atoms with Gasteiger partial charge in [-0.25, -0.2) is 9.67 Å². The SMILES string of the molecule is CC(C)Cn1ncnc1CC(C(C)C)C(C)Cl. The first kappa shape index (κ1) is 14.5. The minimum absolute atomic E-state index is 0.166. The number of hydrogen-bond donors (Lipinski definition) is 0. The summed E-state index contributed by atoms with van der Waals surface area (Å²) >= 11 is 6.26. The van der Waals surface area contributed by atoms with Gasteiger partial charge in [-0.3, -0.25) is 0 Å². The molecule has 98 valence electrons. The Morgan fingerprint density at radius 1 is 1.24 bits per heavy atom. The minimum atomic E-state index is 0.166. The topological polar surface area (TPSA) is 30.7 Å². The standard InChI is InChI=1S/C13H24ClN3/c1-9(2)7-17-13(15-8-16-17)6-12(10(3)4)11(5)14/h8-12H,6-7H2,1-5H3. The smallest absolute Gasteiger partial charge is 0.138 e. The van der Waals surface area contributed by atoms with E-state index in [4.69, 9.17) is 11.6 Å². The van der Waals surface area contributed by atoms with Gasteiger partial charge in [0.2, 0.25) is 0 Å². The van der Waals surface area contributed by atoms with Gasteiger partial charge in [-0.05, 0) is 24.7 Å². The second kappa shape index (κ2) is 6.39. The van der Waals surface area contributed by atoms with Gasteiger partial charge < -0.3 is 0 Å². The fraction of sp³-hybridized carbons (Fsp3) is 0.846. The summed E-state index contributed by atoms with van der Waals surface area (Å²) in [6.45, 7) is 11.8. The number of halogens is 1. The molecule has 1 aromatic heterocycles. The van der Waals surface area contributed by atoms with Crippen LogP contribution in [0.25, 0.3) is 0 Å². The molecule has 0 fully saturated rings. The van der Waals surface area contributed by atoms with Gasteiger partial charge in [0.05, 0.1) is 0 Å². The molecular formula is C13H24ClN3. The first-order valence-electron chi connectivity index (χ1n) is 6.42. The van der Waals surface area contributed by atoms with Crippen LogP contribution in [0.3, 0.4) is 0 Å². The Morgan fingerprint density at radius 2 is 1.88 bits per heavy atom. The molecule has 0 radical (unpaired) electrons. The number of alkyl halides is 1. The molecule has 0 aromatic carbocycles. The molecule has 17 heavy (non-hydrogen) atoms. The van der Waals surface area contributed by atoms with E-state index in [-0.39, 0.29) is 5.38 Å². The summed E-state index contributed by atoms with van der Waals surface area (Å²) in [7, 11) is 0. The van der Waals surface area contributed by atoms with E-state index < -0.39 is 0 Å². The largest absolute Gasteiger partial charge is 0.250 e. The Labute approximate surface area is 110 Å². The van der Waals surface area contributed by atoms with Crippen LogP contribution in [0.1, 0.15) is 40.4 Å². The van der Waals surface area contributed by atoms with E-state index in [0.717, 1.165) is 18.8 Å². The molecule has 0 aliphatic heterocycles. The van der Waals surface area contributed by atoms with Crippen molar-refractivity contribution in [3.05, 3.63) is 12.2 Å². The molecular weight excluding hydrogens is 234 g/mol. The summed E-state index contributed by atoms with van der Waals surface area (Å²) < 4.78 is 2.01. The molecule has 0 bridgehead atoms. The molecule has 0 amide bonds. The van der Waals surface area contributed by atoms with Crippen molar-refractivity contribution in [3.63, 3.8) is 0 Å². The van der Waals surface area contributed by atoms with Crippen LogP contribution in [0.2, 0.25) is 0 Å². The summed E-state index contributed by atoms with van der Waals surface area (Å²) in [5, 5.41) is 4.46. The van der Waals surface area contributed by atoms with Gasteiger partial charge in [0.15, 0.2) is 0 Å². The molecule has 3 nitrogen and oxygen atoms in total. The molecule has 0 saturated carbocycles. The molecule has 2 unspecified atom stereocenters. The van der Waals surface area contributed by atoms with Gasteiger partial charge in [0, 0.05) is 18.3 Å². The maximum Gasteiger partial charge on any atom is 0.138 e. The molecule has 1 heterocycles.